The maximum absolute atomic E-state index is 12.6. The second kappa shape index (κ2) is 4.47. The third kappa shape index (κ3) is 1.80. The van der Waals surface area contributed by atoms with Crippen molar-refractivity contribution < 1.29 is 14.3 Å². The highest BCUT2D eigenvalue weighted by Crippen LogP contribution is 2.57. The van der Waals surface area contributed by atoms with E-state index in [1.807, 2.05) is 0 Å². The molecule has 4 fully saturated rings. The summed E-state index contributed by atoms with van der Waals surface area (Å²) in [5.74, 6) is 1.26. The Morgan fingerprint density at radius 1 is 1.20 bits per heavy atom. The van der Waals surface area contributed by atoms with Crippen molar-refractivity contribution in [2.75, 3.05) is 0 Å². The lowest BCUT2D eigenvalue weighted by molar-refractivity contribution is -0.146. The lowest BCUT2D eigenvalue weighted by atomic mass is 9.79. The highest BCUT2D eigenvalue weighted by molar-refractivity contribution is 5.88. The van der Waals surface area contributed by atoms with Crippen LogP contribution >= 0.6 is 0 Å². The quantitative estimate of drug-likeness (QED) is 0.784. The smallest absolute Gasteiger partial charge is 0.310 e. The van der Waals surface area contributed by atoms with Gasteiger partial charge in [-0.05, 0) is 50.4 Å². The molecule has 0 aromatic heterocycles. The molecule has 0 unspecified atom stereocenters. The first-order valence-corrected chi connectivity index (χ1v) is 8.14. The van der Waals surface area contributed by atoms with Gasteiger partial charge in [-0.15, -0.1) is 0 Å². The van der Waals surface area contributed by atoms with Gasteiger partial charge in [0.05, 0.1) is 11.8 Å². The number of rotatable bonds is 2. The van der Waals surface area contributed by atoms with Crippen LogP contribution in [-0.4, -0.2) is 24.0 Å². The second-order valence-corrected chi connectivity index (χ2v) is 7.39. The van der Waals surface area contributed by atoms with Crippen LogP contribution in [-0.2, 0) is 14.3 Å². The van der Waals surface area contributed by atoms with Crippen molar-refractivity contribution in [1.82, 2.24) is 5.32 Å². The summed E-state index contributed by atoms with van der Waals surface area (Å²) in [7, 11) is 0. The van der Waals surface area contributed by atoms with Gasteiger partial charge >= 0.3 is 5.97 Å². The van der Waals surface area contributed by atoms with Crippen LogP contribution in [0.25, 0.3) is 0 Å². The molecule has 1 N–H and O–H groups in total. The molecule has 1 aliphatic heterocycles. The highest BCUT2D eigenvalue weighted by Gasteiger charge is 2.63. The van der Waals surface area contributed by atoms with E-state index in [0.29, 0.717) is 17.9 Å². The van der Waals surface area contributed by atoms with Gasteiger partial charge in [0.2, 0.25) is 5.91 Å². The Balaban J connectivity index is 1.43. The summed E-state index contributed by atoms with van der Waals surface area (Å²) < 4.78 is 5.40. The molecular weight excluding hydrogens is 254 g/mol. The molecule has 20 heavy (non-hydrogen) atoms. The first-order chi connectivity index (χ1) is 9.63. The first-order valence-electron chi connectivity index (χ1n) is 8.14. The molecule has 4 nitrogen and oxygen atoms in total. The van der Waals surface area contributed by atoms with Crippen molar-refractivity contribution >= 4 is 11.9 Å². The maximum Gasteiger partial charge on any atom is 0.310 e. The summed E-state index contributed by atoms with van der Waals surface area (Å²) in [5, 5.41) is 3.22. The number of ether oxygens (including phenoxy) is 1. The number of fused-ring (bicyclic) bond motifs is 1. The molecule has 0 aromatic rings. The van der Waals surface area contributed by atoms with Crippen molar-refractivity contribution in [2.24, 2.45) is 29.6 Å². The van der Waals surface area contributed by atoms with E-state index in [1.165, 1.54) is 12.8 Å². The van der Waals surface area contributed by atoms with Crippen molar-refractivity contribution in [3.8, 4) is 0 Å². The Kier molecular flexibility index (Phi) is 2.83. The average Bonchev–Trinajstić information content (AvgIpc) is 3.02. The fourth-order valence-electron chi connectivity index (χ4n) is 5.07. The van der Waals surface area contributed by atoms with E-state index in [2.05, 4.69) is 12.2 Å². The maximum atomic E-state index is 12.6. The lowest BCUT2D eigenvalue weighted by Crippen LogP contribution is -2.45. The summed E-state index contributed by atoms with van der Waals surface area (Å²) in [4.78, 5) is 24.5. The number of hydrogen-bond donors (Lipinski definition) is 1. The minimum atomic E-state index is -0.138. The number of nitrogens with one attached hydrogen (secondary N) is 1. The van der Waals surface area contributed by atoms with E-state index in [-0.39, 0.29) is 29.8 Å². The van der Waals surface area contributed by atoms with Gasteiger partial charge in [0.15, 0.2) is 0 Å². The summed E-state index contributed by atoms with van der Waals surface area (Å²) in [6, 6.07) is 0.325. The standard InChI is InChI=1S/C16H23NO3/c1-8-2-4-10(5-3-8)17-15(18)13-9-6-11-12(7-9)20-16(19)14(11)13/h8-14H,2-7H2,1H3,(H,17,18)/t8?,9-,10?,11+,12-,13-,14+/m1/s1. The molecule has 4 aliphatic rings. The first kappa shape index (κ1) is 12.7. The molecule has 3 aliphatic carbocycles. The Morgan fingerprint density at radius 3 is 2.70 bits per heavy atom. The summed E-state index contributed by atoms with van der Waals surface area (Å²) in [6.07, 6.45) is 6.63. The molecule has 4 rings (SSSR count). The Morgan fingerprint density at radius 2 is 1.95 bits per heavy atom. The number of esters is 1. The molecule has 4 heteroatoms. The molecule has 110 valence electrons. The van der Waals surface area contributed by atoms with E-state index in [0.717, 1.165) is 31.6 Å². The molecular formula is C16H23NO3. The molecule has 1 saturated heterocycles. The molecule has 1 heterocycles. The molecule has 0 aromatic carbocycles. The number of carbonyl (C=O) groups excluding carboxylic acids is 2. The lowest BCUT2D eigenvalue weighted by Gasteiger charge is -2.30. The van der Waals surface area contributed by atoms with Crippen LogP contribution in [0, 0.1) is 29.6 Å². The highest BCUT2D eigenvalue weighted by atomic mass is 16.6. The zero-order chi connectivity index (χ0) is 13.9. The largest absolute Gasteiger partial charge is 0.462 e. The van der Waals surface area contributed by atoms with E-state index in [1.54, 1.807) is 0 Å². The van der Waals surface area contributed by atoms with Crippen LogP contribution in [0.1, 0.15) is 45.4 Å². The topological polar surface area (TPSA) is 55.4 Å². The third-order valence-corrected chi connectivity index (χ3v) is 6.15. The van der Waals surface area contributed by atoms with Gasteiger partial charge < -0.3 is 10.1 Å². The van der Waals surface area contributed by atoms with Crippen LogP contribution in [0.2, 0.25) is 0 Å². The van der Waals surface area contributed by atoms with E-state index < -0.39 is 0 Å². The van der Waals surface area contributed by atoms with E-state index >= 15 is 0 Å². The van der Waals surface area contributed by atoms with E-state index in [9.17, 15) is 9.59 Å². The van der Waals surface area contributed by atoms with Gasteiger partial charge in [-0.1, -0.05) is 6.92 Å². The van der Waals surface area contributed by atoms with Crippen LogP contribution in [0.15, 0.2) is 0 Å². The van der Waals surface area contributed by atoms with Crippen LogP contribution < -0.4 is 5.32 Å². The van der Waals surface area contributed by atoms with Gasteiger partial charge in [0.1, 0.15) is 6.10 Å². The number of amides is 1. The predicted octanol–water partition coefficient (Wildman–Crippen LogP) is 1.88. The molecule has 2 bridgehead atoms. The van der Waals surface area contributed by atoms with Crippen molar-refractivity contribution in [3.63, 3.8) is 0 Å². The number of carbonyl (C=O) groups is 2. The molecule has 0 spiro atoms. The summed E-state index contributed by atoms with van der Waals surface area (Å²) in [6.45, 7) is 2.28. The van der Waals surface area contributed by atoms with Crippen molar-refractivity contribution in [1.29, 1.82) is 0 Å². The fourth-order valence-corrected chi connectivity index (χ4v) is 5.07. The van der Waals surface area contributed by atoms with Gasteiger partial charge in [-0.2, -0.15) is 0 Å². The Hall–Kier alpha value is -1.06. The van der Waals surface area contributed by atoms with E-state index in [4.69, 9.17) is 4.74 Å². The van der Waals surface area contributed by atoms with Crippen LogP contribution in [0.4, 0.5) is 0 Å². The summed E-state index contributed by atoms with van der Waals surface area (Å²) in [5.41, 5.74) is 0. The Bertz CT molecular complexity index is 439. The predicted molar refractivity (Wildman–Crippen MR) is 72.6 cm³/mol. The molecule has 5 atom stereocenters. The SMILES string of the molecule is CC1CCC(NC(=O)[C@@H]2[C@@H]3C[C@@H]4[C@@H]2C(=O)O[C@@H]4C3)CC1. The number of hydrogen-bond acceptors (Lipinski definition) is 3. The van der Waals surface area contributed by atoms with Gasteiger partial charge in [-0.25, -0.2) is 0 Å². The second-order valence-electron chi connectivity index (χ2n) is 7.39. The van der Waals surface area contributed by atoms with Crippen LogP contribution in [0.5, 0.6) is 0 Å². The van der Waals surface area contributed by atoms with Gasteiger partial charge in [0.25, 0.3) is 0 Å². The monoisotopic (exact) mass is 277 g/mol. The Labute approximate surface area is 119 Å². The average molecular weight is 277 g/mol. The van der Waals surface area contributed by atoms with Gasteiger partial charge in [-0.3, -0.25) is 9.59 Å². The molecule has 1 amide bonds. The zero-order valence-corrected chi connectivity index (χ0v) is 12.0. The van der Waals surface area contributed by atoms with Crippen LogP contribution in [0.3, 0.4) is 0 Å². The van der Waals surface area contributed by atoms with Crippen molar-refractivity contribution in [3.05, 3.63) is 0 Å². The third-order valence-electron chi connectivity index (χ3n) is 6.15. The summed E-state index contributed by atoms with van der Waals surface area (Å²) >= 11 is 0. The molecule has 0 radical (unpaired) electrons. The van der Waals surface area contributed by atoms with Crippen molar-refractivity contribution in [2.45, 2.75) is 57.6 Å². The minimum absolute atomic E-state index is 0.106. The van der Waals surface area contributed by atoms with Gasteiger partial charge in [0, 0.05) is 12.0 Å². The molecule has 3 saturated carbocycles. The zero-order valence-electron chi connectivity index (χ0n) is 12.0. The minimum Gasteiger partial charge on any atom is -0.462 e. The fraction of sp³-hybridized carbons (Fsp3) is 0.875. The normalized spacial score (nSPS) is 49.2.